The average Bonchev–Trinajstić information content (AvgIpc) is 2.90. The molecule has 0 N–H and O–H groups in total. The van der Waals surface area contributed by atoms with Crippen LogP contribution in [0.1, 0.15) is 120 Å². The molecule has 0 saturated heterocycles. The van der Waals surface area contributed by atoms with E-state index in [1.54, 1.807) is 19.1 Å². The monoisotopic (exact) mass is 534 g/mol. The van der Waals surface area contributed by atoms with Gasteiger partial charge in [-0.05, 0) is 94.2 Å². The van der Waals surface area contributed by atoms with Gasteiger partial charge in [-0.2, -0.15) is 0 Å². The number of benzene rings is 2. The van der Waals surface area contributed by atoms with Gasteiger partial charge >= 0.3 is 11.9 Å². The summed E-state index contributed by atoms with van der Waals surface area (Å²) in [7, 11) is 0. The van der Waals surface area contributed by atoms with Crippen molar-refractivity contribution < 1.29 is 23.8 Å². The fraction of sp³-hybridized carbons (Fsp3) is 0.529. The molecule has 3 rings (SSSR count). The number of unbranched alkanes of at least 4 members (excludes halogenated alkanes) is 1. The van der Waals surface area contributed by atoms with E-state index in [1.807, 2.05) is 51.1 Å². The minimum Gasteiger partial charge on any atom is -0.478 e. The van der Waals surface area contributed by atoms with Crippen LogP contribution in [-0.4, -0.2) is 30.3 Å². The lowest BCUT2D eigenvalue weighted by atomic mass is 9.70. The van der Waals surface area contributed by atoms with Crippen molar-refractivity contribution in [2.45, 2.75) is 110 Å². The first kappa shape index (κ1) is 30.5. The van der Waals surface area contributed by atoms with Crippen LogP contribution in [0.3, 0.4) is 0 Å². The van der Waals surface area contributed by atoms with Crippen LogP contribution in [0.25, 0.3) is 12.2 Å². The maximum Gasteiger partial charge on any atom is 0.347 e. The molecule has 0 spiro atoms. The van der Waals surface area contributed by atoms with Crippen molar-refractivity contribution in [1.29, 1.82) is 0 Å². The zero-order valence-electron chi connectivity index (χ0n) is 24.7. The van der Waals surface area contributed by atoms with Crippen molar-refractivity contribution in [2.24, 2.45) is 0 Å². The molecule has 1 unspecified atom stereocenters. The summed E-state index contributed by atoms with van der Waals surface area (Å²) in [6, 6.07) is 13.7. The third-order valence-corrected chi connectivity index (χ3v) is 7.26. The third-order valence-electron chi connectivity index (χ3n) is 7.26. The van der Waals surface area contributed by atoms with Crippen LogP contribution >= 0.6 is 0 Å². The van der Waals surface area contributed by atoms with Gasteiger partial charge in [0.05, 0.1) is 12.2 Å². The van der Waals surface area contributed by atoms with Crippen LogP contribution in [0, 0.1) is 0 Å². The van der Waals surface area contributed by atoms with E-state index in [1.165, 1.54) is 19.3 Å². The topological polar surface area (TPSA) is 61.8 Å². The van der Waals surface area contributed by atoms with Gasteiger partial charge in [0.25, 0.3) is 0 Å². The summed E-state index contributed by atoms with van der Waals surface area (Å²) in [5.74, 6) is 0.172. The second-order valence-electron chi connectivity index (χ2n) is 11.8. The Morgan fingerprint density at radius 2 is 1.59 bits per heavy atom. The molecule has 2 aromatic carbocycles. The van der Waals surface area contributed by atoms with Gasteiger partial charge in [-0.3, -0.25) is 0 Å². The van der Waals surface area contributed by atoms with E-state index in [4.69, 9.17) is 14.2 Å². The van der Waals surface area contributed by atoms with E-state index >= 15 is 0 Å². The second-order valence-corrected chi connectivity index (χ2v) is 11.8. The van der Waals surface area contributed by atoms with Gasteiger partial charge in [0.2, 0.25) is 0 Å². The standard InChI is InChI=1S/C34H46O5/c1-7-9-13-30(32(36)39-33(3,4)5)38-29-21-18-26(24-28(29)34(6)22-11-10-12-23-34)15-14-25-16-19-27(20-17-25)31(35)37-8-2/h14-21,24,30H,7-13,22-23H2,1-6H3/b15-14+. The first-order valence-electron chi connectivity index (χ1n) is 14.5. The number of rotatable bonds is 11. The molecular formula is C34H46O5. The Morgan fingerprint density at radius 3 is 2.21 bits per heavy atom. The Balaban J connectivity index is 1.90. The molecule has 39 heavy (non-hydrogen) atoms. The van der Waals surface area contributed by atoms with Crippen LogP contribution in [-0.2, 0) is 19.7 Å². The molecular weight excluding hydrogens is 488 g/mol. The van der Waals surface area contributed by atoms with Crippen molar-refractivity contribution >= 4 is 24.1 Å². The summed E-state index contributed by atoms with van der Waals surface area (Å²) >= 11 is 0. The zero-order chi connectivity index (χ0) is 28.5. The van der Waals surface area contributed by atoms with Crippen molar-refractivity contribution in [1.82, 2.24) is 0 Å². The molecule has 0 aromatic heterocycles. The SMILES string of the molecule is CCCCC(Oc1ccc(/C=C/c2ccc(C(=O)OCC)cc2)cc1C1(C)CCCCC1)C(=O)OC(C)(C)C. The van der Waals surface area contributed by atoms with Crippen LogP contribution in [0.5, 0.6) is 5.75 Å². The molecule has 212 valence electrons. The molecule has 0 aliphatic heterocycles. The van der Waals surface area contributed by atoms with E-state index in [-0.39, 0.29) is 17.4 Å². The van der Waals surface area contributed by atoms with Gasteiger partial charge in [0.15, 0.2) is 6.10 Å². The van der Waals surface area contributed by atoms with Gasteiger partial charge in [-0.25, -0.2) is 9.59 Å². The van der Waals surface area contributed by atoms with Crippen molar-refractivity contribution in [2.75, 3.05) is 6.61 Å². The van der Waals surface area contributed by atoms with E-state index in [9.17, 15) is 9.59 Å². The fourth-order valence-electron chi connectivity index (χ4n) is 5.10. The molecule has 0 amide bonds. The van der Waals surface area contributed by atoms with Crippen molar-refractivity contribution in [3.05, 3.63) is 64.7 Å². The summed E-state index contributed by atoms with van der Waals surface area (Å²) in [6.07, 6.45) is 11.8. The highest BCUT2D eigenvalue weighted by molar-refractivity contribution is 5.89. The third kappa shape index (κ3) is 8.98. The minimum absolute atomic E-state index is 0.0119. The Hall–Kier alpha value is -3.08. The van der Waals surface area contributed by atoms with Crippen molar-refractivity contribution in [3.8, 4) is 5.75 Å². The number of carbonyl (C=O) groups is 2. The van der Waals surface area contributed by atoms with E-state index in [2.05, 4.69) is 26.0 Å². The predicted molar refractivity (Wildman–Crippen MR) is 158 cm³/mol. The first-order chi connectivity index (χ1) is 18.5. The Bertz CT molecular complexity index is 1120. The van der Waals surface area contributed by atoms with Crippen LogP contribution < -0.4 is 4.74 Å². The molecule has 5 heteroatoms. The summed E-state index contributed by atoms with van der Waals surface area (Å²) in [5, 5.41) is 0. The van der Waals surface area contributed by atoms with Crippen LogP contribution in [0.15, 0.2) is 42.5 Å². The summed E-state index contributed by atoms with van der Waals surface area (Å²) in [5.41, 5.74) is 3.20. The second kappa shape index (κ2) is 13.8. The lowest BCUT2D eigenvalue weighted by Gasteiger charge is -2.36. The van der Waals surface area contributed by atoms with Gasteiger partial charge in [0, 0.05) is 5.56 Å². The number of esters is 2. The molecule has 1 aliphatic carbocycles. The van der Waals surface area contributed by atoms with Crippen molar-refractivity contribution in [3.63, 3.8) is 0 Å². The predicted octanol–water partition coefficient (Wildman–Crippen LogP) is 8.53. The molecule has 1 fully saturated rings. The van der Waals surface area contributed by atoms with Crippen LogP contribution in [0.4, 0.5) is 0 Å². The Labute approximate surface area is 234 Å². The average molecular weight is 535 g/mol. The molecule has 0 heterocycles. The smallest absolute Gasteiger partial charge is 0.347 e. The Morgan fingerprint density at radius 1 is 0.949 bits per heavy atom. The molecule has 1 aliphatic rings. The maximum atomic E-state index is 13.1. The maximum absolute atomic E-state index is 13.1. The molecule has 1 saturated carbocycles. The Kier molecular flexibility index (Phi) is 10.8. The van der Waals surface area contributed by atoms with Crippen LogP contribution in [0.2, 0.25) is 0 Å². The molecule has 0 bridgehead atoms. The normalized spacial score (nSPS) is 16.1. The molecule has 0 radical (unpaired) electrons. The highest BCUT2D eigenvalue weighted by Gasteiger charge is 2.34. The number of hydrogen-bond acceptors (Lipinski definition) is 5. The summed E-state index contributed by atoms with van der Waals surface area (Å²) in [6.45, 7) is 12.3. The highest BCUT2D eigenvalue weighted by Crippen LogP contribution is 2.44. The first-order valence-corrected chi connectivity index (χ1v) is 14.5. The summed E-state index contributed by atoms with van der Waals surface area (Å²) in [4.78, 5) is 25.0. The summed E-state index contributed by atoms with van der Waals surface area (Å²) < 4.78 is 17.3. The van der Waals surface area contributed by atoms with Gasteiger partial charge in [0.1, 0.15) is 11.4 Å². The molecule has 1 atom stereocenters. The van der Waals surface area contributed by atoms with E-state index in [0.29, 0.717) is 18.6 Å². The minimum atomic E-state index is -0.630. The van der Waals surface area contributed by atoms with Gasteiger partial charge < -0.3 is 14.2 Å². The lowest BCUT2D eigenvalue weighted by molar-refractivity contribution is -0.163. The van der Waals surface area contributed by atoms with E-state index in [0.717, 1.165) is 48.1 Å². The molecule has 2 aromatic rings. The largest absolute Gasteiger partial charge is 0.478 e. The molecule has 5 nitrogen and oxygen atoms in total. The number of ether oxygens (including phenoxy) is 3. The lowest BCUT2D eigenvalue weighted by Crippen LogP contribution is -2.36. The number of carbonyl (C=O) groups excluding carboxylic acids is 2. The number of hydrogen-bond donors (Lipinski definition) is 0. The van der Waals surface area contributed by atoms with E-state index < -0.39 is 11.7 Å². The zero-order valence-corrected chi connectivity index (χ0v) is 24.7. The fourth-order valence-corrected chi connectivity index (χ4v) is 5.10. The quantitative estimate of drug-likeness (QED) is 0.213. The van der Waals surface area contributed by atoms with Gasteiger partial charge in [-0.1, -0.05) is 69.9 Å². The highest BCUT2D eigenvalue weighted by atomic mass is 16.6. The van der Waals surface area contributed by atoms with Gasteiger partial charge in [-0.15, -0.1) is 0 Å².